The van der Waals surface area contributed by atoms with Crippen LogP contribution in [0.2, 0.25) is 0 Å². The number of carbonyl (C=O) groups excluding carboxylic acids is 2. The van der Waals surface area contributed by atoms with Crippen molar-refractivity contribution in [3.63, 3.8) is 0 Å². The Balaban J connectivity index is 1.06. The lowest BCUT2D eigenvalue weighted by molar-refractivity contribution is -0.137. The van der Waals surface area contributed by atoms with Gasteiger partial charge in [-0.25, -0.2) is 4.98 Å². The Hall–Kier alpha value is -3.50. The molecule has 10 heteroatoms. The first-order chi connectivity index (χ1) is 19.1. The van der Waals surface area contributed by atoms with Gasteiger partial charge in [-0.3, -0.25) is 9.59 Å². The minimum Gasteiger partial charge on any atom is -0.385 e. The van der Waals surface area contributed by atoms with E-state index in [1.807, 2.05) is 35.0 Å². The summed E-state index contributed by atoms with van der Waals surface area (Å²) >= 11 is 0. The number of amides is 1. The molecular formula is C30H33F3N4O3. The van der Waals surface area contributed by atoms with E-state index in [1.165, 1.54) is 12.1 Å². The number of carbonyl (C=O) groups is 2. The fraction of sp³-hybridized carbons (Fsp3) is 0.433. The van der Waals surface area contributed by atoms with Crippen molar-refractivity contribution in [2.45, 2.75) is 56.3 Å². The van der Waals surface area contributed by atoms with Crippen molar-refractivity contribution >= 4 is 11.7 Å². The smallest absolute Gasteiger partial charge is 0.385 e. The predicted octanol–water partition coefficient (Wildman–Crippen LogP) is 4.73. The van der Waals surface area contributed by atoms with E-state index in [4.69, 9.17) is 0 Å². The molecule has 5 rings (SSSR count). The van der Waals surface area contributed by atoms with Gasteiger partial charge < -0.3 is 19.9 Å². The molecule has 1 aromatic heterocycles. The number of halogens is 3. The molecule has 1 atom stereocenters. The predicted molar refractivity (Wildman–Crippen MR) is 143 cm³/mol. The largest absolute Gasteiger partial charge is 0.416 e. The fourth-order valence-corrected chi connectivity index (χ4v) is 5.96. The van der Waals surface area contributed by atoms with E-state index in [0.29, 0.717) is 25.3 Å². The molecule has 2 heterocycles. The standard InChI is InChI=1S/C30H33F3N4O3/c31-30(32,33)24-3-1-2-22(17-24)28(39)35-18-27(38)16-21-10-14-36(19-21)26-8-11-29(40,12-9-26)23-4-6-25(7-5-23)37-15-13-34-20-37/h1-7,13,15,17,20-21,26,40H,8-12,14,16,18-19H2,(H,35,39)/t21-,26?,29?/m0/s1. The number of aromatic nitrogens is 2. The zero-order chi connectivity index (χ0) is 28.3. The number of ketones is 1. The van der Waals surface area contributed by atoms with Crippen LogP contribution in [0, 0.1) is 5.92 Å². The number of rotatable bonds is 8. The van der Waals surface area contributed by atoms with E-state index in [-0.39, 0.29) is 23.8 Å². The maximum Gasteiger partial charge on any atom is 0.416 e. The van der Waals surface area contributed by atoms with Crippen molar-refractivity contribution in [1.82, 2.24) is 19.8 Å². The van der Waals surface area contributed by atoms with Gasteiger partial charge in [-0.1, -0.05) is 18.2 Å². The molecule has 2 aliphatic rings. The van der Waals surface area contributed by atoms with Crippen LogP contribution in [0.3, 0.4) is 0 Å². The summed E-state index contributed by atoms with van der Waals surface area (Å²) in [7, 11) is 0. The minimum atomic E-state index is -4.54. The Kier molecular flexibility index (Phi) is 8.09. The number of nitrogens with one attached hydrogen (secondary N) is 1. The molecule has 0 spiro atoms. The van der Waals surface area contributed by atoms with Crippen LogP contribution < -0.4 is 5.32 Å². The molecule has 2 N–H and O–H groups in total. The normalized spacial score (nSPS) is 23.7. The van der Waals surface area contributed by atoms with E-state index < -0.39 is 23.2 Å². The lowest BCUT2D eigenvalue weighted by Crippen LogP contribution is -2.41. The molecule has 0 unspecified atom stereocenters. The Labute approximate surface area is 231 Å². The van der Waals surface area contributed by atoms with E-state index in [9.17, 15) is 27.9 Å². The molecule has 7 nitrogen and oxygen atoms in total. The average Bonchev–Trinajstić information content (AvgIpc) is 3.65. The quantitative estimate of drug-likeness (QED) is 0.421. The molecule has 40 heavy (non-hydrogen) atoms. The van der Waals surface area contributed by atoms with Crippen LogP contribution >= 0.6 is 0 Å². The van der Waals surface area contributed by atoms with Crippen LogP contribution in [-0.4, -0.2) is 56.9 Å². The summed E-state index contributed by atoms with van der Waals surface area (Å²) in [6, 6.07) is 12.5. The third-order valence-electron chi connectivity index (χ3n) is 8.24. The van der Waals surface area contributed by atoms with Gasteiger partial charge in [0.1, 0.15) is 0 Å². The first-order valence-corrected chi connectivity index (χ1v) is 13.6. The average molecular weight is 555 g/mol. The van der Waals surface area contributed by atoms with Gasteiger partial charge in [-0.2, -0.15) is 13.2 Å². The van der Waals surface area contributed by atoms with Crippen LogP contribution in [0.5, 0.6) is 0 Å². The highest BCUT2D eigenvalue weighted by Crippen LogP contribution is 2.40. The second-order valence-corrected chi connectivity index (χ2v) is 10.9. The summed E-state index contributed by atoms with van der Waals surface area (Å²) in [5.41, 5.74) is 0.0400. The van der Waals surface area contributed by atoms with Crippen LogP contribution in [0.25, 0.3) is 5.69 Å². The topological polar surface area (TPSA) is 87.5 Å². The molecule has 2 fully saturated rings. The van der Waals surface area contributed by atoms with Crippen molar-refractivity contribution in [2.24, 2.45) is 5.92 Å². The molecule has 1 saturated carbocycles. The summed E-state index contributed by atoms with van der Waals surface area (Å²) in [5.74, 6) is -0.655. The van der Waals surface area contributed by atoms with Crippen molar-refractivity contribution < 1.29 is 27.9 Å². The number of likely N-dealkylation sites (tertiary alicyclic amines) is 1. The van der Waals surface area contributed by atoms with Crippen molar-refractivity contribution in [3.8, 4) is 5.69 Å². The lowest BCUT2D eigenvalue weighted by Gasteiger charge is -2.40. The highest BCUT2D eigenvalue weighted by atomic mass is 19.4. The monoisotopic (exact) mass is 554 g/mol. The third-order valence-corrected chi connectivity index (χ3v) is 8.24. The first-order valence-electron chi connectivity index (χ1n) is 13.6. The number of imidazole rings is 1. The maximum absolute atomic E-state index is 12.9. The van der Waals surface area contributed by atoms with Crippen LogP contribution in [0.1, 0.15) is 60.0 Å². The van der Waals surface area contributed by atoms with Crippen molar-refractivity contribution in [2.75, 3.05) is 19.6 Å². The summed E-state index contributed by atoms with van der Waals surface area (Å²) in [6.45, 7) is 1.47. The Morgan fingerprint density at radius 1 is 1.07 bits per heavy atom. The summed E-state index contributed by atoms with van der Waals surface area (Å²) in [4.78, 5) is 31.3. The molecule has 1 saturated heterocycles. The zero-order valence-electron chi connectivity index (χ0n) is 22.1. The number of hydrogen-bond acceptors (Lipinski definition) is 5. The van der Waals surface area contributed by atoms with Crippen molar-refractivity contribution in [1.29, 1.82) is 0 Å². The minimum absolute atomic E-state index is 0.124. The number of alkyl halides is 3. The molecular weight excluding hydrogens is 521 g/mol. The second-order valence-electron chi connectivity index (χ2n) is 10.9. The van der Waals surface area contributed by atoms with E-state index in [1.54, 1.807) is 12.5 Å². The number of aliphatic hydroxyl groups is 1. The molecule has 2 aromatic carbocycles. The van der Waals surface area contributed by atoms with Gasteiger partial charge in [0.2, 0.25) is 0 Å². The fourth-order valence-electron chi connectivity index (χ4n) is 5.96. The van der Waals surface area contributed by atoms with Crippen LogP contribution in [0.15, 0.2) is 67.3 Å². The second kappa shape index (κ2) is 11.5. The van der Waals surface area contributed by atoms with Gasteiger partial charge in [0, 0.05) is 42.7 Å². The molecule has 0 radical (unpaired) electrons. The zero-order valence-corrected chi connectivity index (χ0v) is 22.1. The Morgan fingerprint density at radius 3 is 2.50 bits per heavy atom. The Morgan fingerprint density at radius 2 is 1.82 bits per heavy atom. The number of benzene rings is 2. The molecule has 1 aliphatic heterocycles. The first kappa shape index (κ1) is 28.0. The van der Waals surface area contributed by atoms with Crippen LogP contribution in [0.4, 0.5) is 13.2 Å². The SMILES string of the molecule is O=C(CNC(=O)c1cccc(C(F)(F)F)c1)C[C@@H]1CCN(C2CCC(O)(c3ccc(-n4ccnc4)cc3)CC2)C1. The molecule has 1 aliphatic carbocycles. The van der Waals surface area contributed by atoms with Gasteiger partial charge in [-0.05, 0) is 80.5 Å². The number of hydrogen-bond donors (Lipinski definition) is 2. The van der Waals surface area contributed by atoms with Crippen LogP contribution in [-0.2, 0) is 16.6 Å². The summed E-state index contributed by atoms with van der Waals surface area (Å²) < 4.78 is 40.6. The number of nitrogens with zero attached hydrogens (tertiary/aromatic N) is 3. The van der Waals surface area contributed by atoms with Gasteiger partial charge in [0.25, 0.3) is 5.91 Å². The lowest BCUT2D eigenvalue weighted by atomic mass is 9.77. The van der Waals surface area contributed by atoms with Gasteiger partial charge in [0.15, 0.2) is 5.78 Å². The molecule has 1 amide bonds. The van der Waals surface area contributed by atoms with E-state index >= 15 is 0 Å². The molecule has 212 valence electrons. The summed E-state index contributed by atoms with van der Waals surface area (Å²) in [5, 5.41) is 13.8. The maximum atomic E-state index is 12.9. The van der Waals surface area contributed by atoms with Crippen molar-refractivity contribution in [3.05, 3.63) is 83.9 Å². The van der Waals surface area contributed by atoms with Gasteiger partial charge in [0.05, 0.1) is 24.0 Å². The summed E-state index contributed by atoms with van der Waals surface area (Å²) in [6.07, 6.45) is 5.08. The highest BCUT2D eigenvalue weighted by Gasteiger charge is 2.38. The van der Waals surface area contributed by atoms with E-state index in [0.717, 1.165) is 55.7 Å². The van der Waals surface area contributed by atoms with Gasteiger partial charge in [-0.15, -0.1) is 0 Å². The highest BCUT2D eigenvalue weighted by molar-refractivity contribution is 5.96. The van der Waals surface area contributed by atoms with E-state index in [2.05, 4.69) is 15.2 Å². The Bertz CT molecular complexity index is 1320. The molecule has 0 bridgehead atoms. The van der Waals surface area contributed by atoms with Gasteiger partial charge >= 0.3 is 6.18 Å². The molecule has 3 aromatic rings. The third kappa shape index (κ3) is 6.45. The number of Topliss-reactive ketones (excluding diaryl/α,β-unsaturated/α-hetero) is 1.